The highest BCUT2D eigenvalue weighted by Gasteiger charge is 2.22. The summed E-state index contributed by atoms with van der Waals surface area (Å²) in [7, 11) is 3.46. The van der Waals surface area contributed by atoms with Crippen LogP contribution in [0.3, 0.4) is 0 Å². The van der Waals surface area contributed by atoms with E-state index in [-0.39, 0.29) is 11.8 Å². The monoisotopic (exact) mass is 278 g/mol. The van der Waals surface area contributed by atoms with Crippen LogP contribution in [0.25, 0.3) is 0 Å². The van der Waals surface area contributed by atoms with Crippen molar-refractivity contribution in [3.8, 4) is 5.75 Å². The number of ether oxygens (including phenoxy) is 1. The van der Waals surface area contributed by atoms with Crippen molar-refractivity contribution < 1.29 is 9.53 Å². The van der Waals surface area contributed by atoms with Gasteiger partial charge < -0.3 is 15.4 Å². The van der Waals surface area contributed by atoms with Gasteiger partial charge in [0.2, 0.25) is 5.91 Å². The molecule has 0 radical (unpaired) electrons. The van der Waals surface area contributed by atoms with E-state index >= 15 is 0 Å². The van der Waals surface area contributed by atoms with E-state index < -0.39 is 6.04 Å². The second kappa shape index (κ2) is 7.90. The van der Waals surface area contributed by atoms with Crippen LogP contribution in [0.5, 0.6) is 5.75 Å². The average molecular weight is 278 g/mol. The second-order valence-electron chi connectivity index (χ2n) is 5.23. The molecule has 0 aliphatic heterocycles. The molecule has 0 heterocycles. The molecule has 0 saturated carbocycles. The maximum atomic E-state index is 12.2. The van der Waals surface area contributed by atoms with Gasteiger partial charge in [-0.3, -0.25) is 4.79 Å². The SMILES string of the molecule is CCC(C)C(N)C(=O)N(C)CCc1ccccc1OC. The van der Waals surface area contributed by atoms with E-state index in [1.807, 2.05) is 38.1 Å². The van der Waals surface area contributed by atoms with E-state index in [1.165, 1.54) is 0 Å². The molecular formula is C16H26N2O2. The van der Waals surface area contributed by atoms with Gasteiger partial charge >= 0.3 is 0 Å². The summed E-state index contributed by atoms with van der Waals surface area (Å²) < 4.78 is 5.31. The Balaban J connectivity index is 2.58. The lowest BCUT2D eigenvalue weighted by molar-refractivity contribution is -0.132. The standard InChI is InChI=1S/C16H26N2O2/c1-5-12(2)15(17)16(19)18(3)11-10-13-8-6-7-9-14(13)20-4/h6-9,12,15H,5,10-11,17H2,1-4H3. The Kier molecular flexibility index (Phi) is 6.52. The van der Waals surface area contributed by atoms with Gasteiger partial charge in [0.05, 0.1) is 13.2 Å². The number of benzene rings is 1. The Morgan fingerprint density at radius 2 is 2.05 bits per heavy atom. The molecule has 1 amide bonds. The summed E-state index contributed by atoms with van der Waals surface area (Å²) in [6.45, 7) is 4.70. The van der Waals surface area contributed by atoms with Gasteiger partial charge in [-0.15, -0.1) is 0 Å². The third-order valence-corrected chi connectivity index (χ3v) is 3.83. The molecule has 1 aromatic rings. The molecule has 2 atom stereocenters. The highest BCUT2D eigenvalue weighted by atomic mass is 16.5. The number of hydrogen-bond acceptors (Lipinski definition) is 3. The molecule has 0 saturated heterocycles. The van der Waals surface area contributed by atoms with Crippen molar-refractivity contribution in [2.24, 2.45) is 11.7 Å². The van der Waals surface area contributed by atoms with Crippen LogP contribution in [-0.2, 0) is 11.2 Å². The average Bonchev–Trinajstić information content (AvgIpc) is 2.50. The molecule has 20 heavy (non-hydrogen) atoms. The van der Waals surface area contributed by atoms with Crippen LogP contribution in [0, 0.1) is 5.92 Å². The summed E-state index contributed by atoms with van der Waals surface area (Å²) >= 11 is 0. The quantitative estimate of drug-likeness (QED) is 0.830. The lowest BCUT2D eigenvalue weighted by Crippen LogP contribution is -2.46. The van der Waals surface area contributed by atoms with E-state index in [2.05, 4.69) is 0 Å². The number of hydrogen-bond donors (Lipinski definition) is 1. The van der Waals surface area contributed by atoms with Gasteiger partial charge in [0, 0.05) is 13.6 Å². The van der Waals surface area contributed by atoms with Crippen LogP contribution in [0.2, 0.25) is 0 Å². The maximum Gasteiger partial charge on any atom is 0.239 e. The summed E-state index contributed by atoms with van der Waals surface area (Å²) in [5.74, 6) is 1.07. The zero-order chi connectivity index (χ0) is 15.1. The number of nitrogens with zero attached hydrogens (tertiary/aromatic N) is 1. The number of carbonyl (C=O) groups is 1. The minimum atomic E-state index is -0.414. The highest BCUT2D eigenvalue weighted by molar-refractivity contribution is 5.81. The summed E-state index contributed by atoms with van der Waals surface area (Å²) in [4.78, 5) is 13.9. The van der Waals surface area contributed by atoms with E-state index in [0.717, 1.165) is 24.2 Å². The maximum absolute atomic E-state index is 12.2. The number of amides is 1. The normalized spacial score (nSPS) is 13.7. The largest absolute Gasteiger partial charge is 0.496 e. The first kappa shape index (κ1) is 16.5. The summed E-state index contributed by atoms with van der Waals surface area (Å²) in [5, 5.41) is 0. The highest BCUT2D eigenvalue weighted by Crippen LogP contribution is 2.18. The van der Waals surface area contributed by atoms with Crippen LogP contribution in [0.15, 0.2) is 24.3 Å². The summed E-state index contributed by atoms with van der Waals surface area (Å²) in [6, 6.07) is 7.46. The predicted octanol–water partition coefficient (Wildman–Crippen LogP) is 2.07. The molecule has 4 heteroatoms. The second-order valence-corrected chi connectivity index (χ2v) is 5.23. The molecule has 0 fully saturated rings. The number of nitrogens with two attached hydrogens (primary N) is 1. The fraction of sp³-hybridized carbons (Fsp3) is 0.562. The Morgan fingerprint density at radius 1 is 1.40 bits per heavy atom. The van der Waals surface area contributed by atoms with Crippen molar-refractivity contribution in [2.75, 3.05) is 20.7 Å². The van der Waals surface area contributed by atoms with Crippen LogP contribution in [-0.4, -0.2) is 37.6 Å². The molecule has 2 unspecified atom stereocenters. The van der Waals surface area contributed by atoms with E-state index in [9.17, 15) is 4.79 Å². The predicted molar refractivity (Wildman–Crippen MR) is 81.8 cm³/mol. The van der Waals surface area contributed by atoms with Gasteiger partial charge in [0.15, 0.2) is 0 Å². The Labute approximate surface area is 121 Å². The zero-order valence-electron chi connectivity index (χ0n) is 12.9. The topological polar surface area (TPSA) is 55.6 Å². The first-order chi connectivity index (χ1) is 9.51. The van der Waals surface area contributed by atoms with E-state index in [0.29, 0.717) is 6.54 Å². The Bertz CT molecular complexity index is 434. The van der Waals surface area contributed by atoms with Crippen molar-refractivity contribution in [2.45, 2.75) is 32.7 Å². The molecule has 0 aliphatic rings. The lowest BCUT2D eigenvalue weighted by Gasteiger charge is -2.24. The summed E-state index contributed by atoms with van der Waals surface area (Å²) in [6.07, 6.45) is 1.67. The number of carbonyl (C=O) groups excluding carboxylic acids is 1. The number of para-hydroxylation sites is 1. The minimum absolute atomic E-state index is 0.00856. The van der Waals surface area contributed by atoms with Gasteiger partial charge in [-0.2, -0.15) is 0 Å². The zero-order valence-corrected chi connectivity index (χ0v) is 12.9. The van der Waals surface area contributed by atoms with Crippen LogP contribution in [0.4, 0.5) is 0 Å². The van der Waals surface area contributed by atoms with Gasteiger partial charge in [-0.25, -0.2) is 0 Å². The van der Waals surface area contributed by atoms with Crippen LogP contribution in [0.1, 0.15) is 25.8 Å². The molecule has 1 rings (SSSR count). The summed E-state index contributed by atoms with van der Waals surface area (Å²) in [5.41, 5.74) is 7.08. The third kappa shape index (κ3) is 4.23. The van der Waals surface area contributed by atoms with Gasteiger partial charge in [0.1, 0.15) is 5.75 Å². The first-order valence-corrected chi connectivity index (χ1v) is 7.13. The van der Waals surface area contributed by atoms with Crippen molar-refractivity contribution in [3.63, 3.8) is 0 Å². The van der Waals surface area contributed by atoms with Crippen molar-refractivity contribution >= 4 is 5.91 Å². The number of methoxy groups -OCH3 is 1. The number of likely N-dealkylation sites (N-methyl/N-ethyl adjacent to an activating group) is 1. The van der Waals surface area contributed by atoms with E-state index in [1.54, 1.807) is 19.1 Å². The van der Waals surface area contributed by atoms with Gasteiger partial charge in [-0.1, -0.05) is 38.5 Å². The van der Waals surface area contributed by atoms with Gasteiger partial charge in [-0.05, 0) is 24.0 Å². The van der Waals surface area contributed by atoms with Crippen molar-refractivity contribution in [1.82, 2.24) is 4.90 Å². The van der Waals surface area contributed by atoms with Crippen molar-refractivity contribution in [3.05, 3.63) is 29.8 Å². The Hall–Kier alpha value is -1.55. The minimum Gasteiger partial charge on any atom is -0.496 e. The molecule has 112 valence electrons. The molecule has 0 bridgehead atoms. The number of rotatable bonds is 7. The first-order valence-electron chi connectivity index (χ1n) is 7.13. The van der Waals surface area contributed by atoms with Crippen molar-refractivity contribution in [1.29, 1.82) is 0 Å². The van der Waals surface area contributed by atoms with E-state index in [4.69, 9.17) is 10.5 Å². The molecule has 4 nitrogen and oxygen atoms in total. The fourth-order valence-corrected chi connectivity index (χ4v) is 2.06. The Morgan fingerprint density at radius 3 is 2.65 bits per heavy atom. The molecule has 0 aliphatic carbocycles. The molecular weight excluding hydrogens is 252 g/mol. The molecule has 0 spiro atoms. The fourth-order valence-electron chi connectivity index (χ4n) is 2.06. The van der Waals surface area contributed by atoms with Gasteiger partial charge in [0.25, 0.3) is 0 Å². The van der Waals surface area contributed by atoms with Crippen LogP contribution < -0.4 is 10.5 Å². The molecule has 2 N–H and O–H groups in total. The lowest BCUT2D eigenvalue weighted by atomic mass is 9.99. The smallest absolute Gasteiger partial charge is 0.239 e. The molecule has 1 aromatic carbocycles. The molecule has 0 aromatic heterocycles. The van der Waals surface area contributed by atoms with Crippen LogP contribution >= 0.6 is 0 Å². The third-order valence-electron chi connectivity index (χ3n) is 3.83.